The van der Waals surface area contributed by atoms with Gasteiger partial charge in [0.15, 0.2) is 0 Å². The minimum Gasteiger partial charge on any atom is -0.279 e. The van der Waals surface area contributed by atoms with Crippen LogP contribution in [0.15, 0.2) is 30.3 Å². The van der Waals surface area contributed by atoms with E-state index in [0.717, 1.165) is 34.3 Å². The molecule has 1 aliphatic rings. The third kappa shape index (κ3) is 3.00. The fraction of sp³-hybridized carbons (Fsp3) is 0.517. The van der Waals surface area contributed by atoms with Crippen LogP contribution in [-0.2, 0) is 21.7 Å². The van der Waals surface area contributed by atoms with E-state index in [1.54, 1.807) is 0 Å². The average Bonchev–Trinajstić information content (AvgIpc) is 3.10. The van der Waals surface area contributed by atoms with Gasteiger partial charge in [0.2, 0.25) is 0 Å². The highest BCUT2D eigenvalue weighted by Gasteiger charge is 2.42. The van der Waals surface area contributed by atoms with Gasteiger partial charge >= 0.3 is 0 Å². The summed E-state index contributed by atoms with van der Waals surface area (Å²) in [6.45, 7) is 23.0. The summed E-state index contributed by atoms with van der Waals surface area (Å²) in [5.74, 6) is 1.07. The quantitative estimate of drug-likeness (QED) is 0.289. The lowest BCUT2D eigenvalue weighted by Crippen LogP contribution is -2.19. The molecule has 32 heavy (non-hydrogen) atoms. The Labute approximate surface area is 192 Å². The van der Waals surface area contributed by atoms with Gasteiger partial charge in [-0.3, -0.25) is 4.40 Å². The molecule has 168 valence electrons. The maximum atomic E-state index is 5.25. The number of hydrogen-bond acceptors (Lipinski definition) is 2. The first-order valence-corrected chi connectivity index (χ1v) is 11.9. The van der Waals surface area contributed by atoms with Gasteiger partial charge in [-0.15, -0.1) is 0 Å². The molecule has 2 aromatic carbocycles. The number of fused-ring (bicyclic) bond motifs is 6. The molecule has 3 heteroatoms. The molecule has 0 radical (unpaired) electrons. The normalized spacial score (nSPS) is 18.1. The van der Waals surface area contributed by atoms with Crippen LogP contribution in [0.5, 0.6) is 0 Å². The Morgan fingerprint density at radius 3 is 1.97 bits per heavy atom. The molecule has 2 aromatic heterocycles. The van der Waals surface area contributed by atoms with Crippen molar-refractivity contribution in [2.75, 3.05) is 0 Å². The number of imidazole rings is 1. The highest BCUT2D eigenvalue weighted by molar-refractivity contribution is 5.97. The van der Waals surface area contributed by atoms with E-state index in [-0.39, 0.29) is 21.7 Å². The van der Waals surface area contributed by atoms with Gasteiger partial charge in [0.1, 0.15) is 11.5 Å². The Kier molecular flexibility index (Phi) is 4.10. The van der Waals surface area contributed by atoms with Crippen molar-refractivity contribution in [3.63, 3.8) is 0 Å². The van der Waals surface area contributed by atoms with E-state index in [4.69, 9.17) is 9.97 Å². The highest BCUT2D eigenvalue weighted by atomic mass is 15.1. The van der Waals surface area contributed by atoms with Crippen LogP contribution in [-0.4, -0.2) is 14.4 Å². The van der Waals surface area contributed by atoms with Gasteiger partial charge < -0.3 is 0 Å². The van der Waals surface area contributed by atoms with E-state index in [9.17, 15) is 0 Å². The molecule has 0 spiro atoms. The van der Waals surface area contributed by atoms with Crippen LogP contribution < -0.4 is 0 Å². The number of nitrogens with zero attached hydrogens (tertiary/aromatic N) is 3. The standard InChI is InChI=1S/C29H37N3/c1-26(2,3)17-11-12-18-21(13-17)31-25(27(4,5)6)32-23-15-20-19(14-22(23)30-24(18)32)28(7,8)16-29(20,9)10/h11-15H,16H2,1-10H3. The van der Waals surface area contributed by atoms with E-state index < -0.39 is 0 Å². The van der Waals surface area contributed by atoms with Crippen LogP contribution in [0.2, 0.25) is 0 Å². The van der Waals surface area contributed by atoms with Gasteiger partial charge in [0, 0.05) is 10.8 Å². The number of rotatable bonds is 0. The van der Waals surface area contributed by atoms with Crippen molar-refractivity contribution in [3.05, 3.63) is 52.8 Å². The van der Waals surface area contributed by atoms with Gasteiger partial charge in [-0.05, 0) is 63.6 Å². The van der Waals surface area contributed by atoms with Crippen molar-refractivity contribution in [1.82, 2.24) is 14.4 Å². The molecule has 0 fully saturated rings. The first-order chi connectivity index (χ1) is 14.6. The maximum Gasteiger partial charge on any atom is 0.148 e. The first-order valence-electron chi connectivity index (χ1n) is 11.9. The average molecular weight is 428 g/mol. The Hall–Kier alpha value is -2.42. The zero-order valence-electron chi connectivity index (χ0n) is 21.4. The summed E-state index contributed by atoms with van der Waals surface area (Å²) >= 11 is 0. The van der Waals surface area contributed by atoms with E-state index >= 15 is 0 Å². The maximum absolute atomic E-state index is 5.25. The SMILES string of the molecule is CC(C)(C)c1ccc2c(c1)nc(C(C)(C)C)n1c3cc4c(cc3nc21)C(C)(C)CC4(C)C. The van der Waals surface area contributed by atoms with Crippen LogP contribution in [0, 0.1) is 0 Å². The molecule has 1 aliphatic carbocycles. The lowest BCUT2D eigenvalue weighted by molar-refractivity contribution is 0.403. The fourth-order valence-corrected chi connectivity index (χ4v) is 5.88. The molecule has 0 N–H and O–H groups in total. The Morgan fingerprint density at radius 1 is 0.750 bits per heavy atom. The molecule has 0 unspecified atom stereocenters. The number of aromatic nitrogens is 3. The van der Waals surface area contributed by atoms with Crippen molar-refractivity contribution in [1.29, 1.82) is 0 Å². The summed E-state index contributed by atoms with van der Waals surface area (Å²) in [7, 11) is 0. The van der Waals surface area contributed by atoms with Gasteiger partial charge in [-0.2, -0.15) is 0 Å². The molecular weight excluding hydrogens is 390 g/mol. The van der Waals surface area contributed by atoms with E-state index in [0.29, 0.717) is 0 Å². The lowest BCUT2D eigenvalue weighted by Gasteiger charge is -2.23. The highest BCUT2D eigenvalue weighted by Crippen LogP contribution is 2.50. The second-order valence-electron chi connectivity index (χ2n) is 13.3. The van der Waals surface area contributed by atoms with Gasteiger partial charge in [0.05, 0.1) is 16.6 Å². The van der Waals surface area contributed by atoms with E-state index in [1.807, 2.05) is 0 Å². The zero-order chi connectivity index (χ0) is 23.4. The molecule has 4 aromatic rings. The third-order valence-corrected chi connectivity index (χ3v) is 7.35. The summed E-state index contributed by atoms with van der Waals surface area (Å²) in [4.78, 5) is 10.5. The minimum atomic E-state index is -0.106. The van der Waals surface area contributed by atoms with Crippen molar-refractivity contribution in [3.8, 4) is 0 Å². The summed E-state index contributed by atoms with van der Waals surface area (Å²) in [6.07, 6.45) is 1.16. The molecule has 0 atom stereocenters. The Bertz CT molecular complexity index is 1400. The molecule has 0 saturated heterocycles. The molecule has 0 amide bonds. The predicted molar refractivity (Wildman–Crippen MR) is 136 cm³/mol. The molecular formula is C29H37N3. The molecule has 3 nitrogen and oxygen atoms in total. The Morgan fingerprint density at radius 2 is 1.38 bits per heavy atom. The van der Waals surface area contributed by atoms with Gasteiger partial charge in [0.25, 0.3) is 0 Å². The number of benzene rings is 2. The molecule has 0 bridgehead atoms. The fourth-order valence-electron chi connectivity index (χ4n) is 5.88. The van der Waals surface area contributed by atoms with Crippen LogP contribution >= 0.6 is 0 Å². The summed E-state index contributed by atoms with van der Waals surface area (Å²) in [5.41, 5.74) is 8.84. The monoisotopic (exact) mass is 427 g/mol. The largest absolute Gasteiger partial charge is 0.279 e. The van der Waals surface area contributed by atoms with E-state index in [2.05, 4.69) is 104 Å². The Balaban J connectivity index is 1.94. The summed E-state index contributed by atoms with van der Waals surface area (Å²) in [6, 6.07) is 11.5. The zero-order valence-corrected chi connectivity index (χ0v) is 21.4. The van der Waals surface area contributed by atoms with Crippen LogP contribution in [0.1, 0.15) is 98.2 Å². The van der Waals surface area contributed by atoms with Crippen molar-refractivity contribution < 1.29 is 0 Å². The molecule has 5 rings (SSSR count). The summed E-state index contributed by atoms with van der Waals surface area (Å²) in [5, 5.41) is 1.13. The first kappa shape index (κ1) is 21.4. The second kappa shape index (κ2) is 6.12. The predicted octanol–water partition coefficient (Wildman–Crippen LogP) is 7.59. The third-order valence-electron chi connectivity index (χ3n) is 7.35. The molecule has 0 aliphatic heterocycles. The number of hydrogen-bond donors (Lipinski definition) is 0. The van der Waals surface area contributed by atoms with Gasteiger partial charge in [-0.1, -0.05) is 75.3 Å². The van der Waals surface area contributed by atoms with E-state index in [1.165, 1.54) is 22.2 Å². The van der Waals surface area contributed by atoms with Crippen molar-refractivity contribution >= 4 is 27.6 Å². The minimum absolute atomic E-state index is 0.0853. The lowest BCUT2D eigenvalue weighted by atomic mass is 9.82. The molecule has 0 saturated carbocycles. The van der Waals surface area contributed by atoms with Crippen LogP contribution in [0.4, 0.5) is 0 Å². The van der Waals surface area contributed by atoms with Crippen LogP contribution in [0.3, 0.4) is 0 Å². The topological polar surface area (TPSA) is 30.2 Å². The van der Waals surface area contributed by atoms with Crippen LogP contribution in [0.25, 0.3) is 27.6 Å². The van der Waals surface area contributed by atoms with Crippen molar-refractivity contribution in [2.45, 2.75) is 97.3 Å². The second-order valence-corrected chi connectivity index (χ2v) is 13.3. The smallest absolute Gasteiger partial charge is 0.148 e. The molecule has 2 heterocycles. The van der Waals surface area contributed by atoms with Gasteiger partial charge in [-0.25, -0.2) is 9.97 Å². The summed E-state index contributed by atoms with van der Waals surface area (Å²) < 4.78 is 2.33. The van der Waals surface area contributed by atoms with Crippen molar-refractivity contribution in [2.24, 2.45) is 0 Å².